The molecule has 140 valence electrons. The Balaban J connectivity index is 1.62. The first-order valence-electron chi connectivity index (χ1n) is 9.45. The van der Waals surface area contributed by atoms with Gasteiger partial charge in [-0.3, -0.25) is 9.36 Å². The Hall–Kier alpha value is -1.82. The first kappa shape index (κ1) is 19.0. The van der Waals surface area contributed by atoms with Crippen molar-refractivity contribution in [3.05, 3.63) is 36.2 Å². The van der Waals surface area contributed by atoms with E-state index < -0.39 is 0 Å². The number of benzene rings is 1. The Kier molecular flexibility index (Phi) is 6.35. The van der Waals surface area contributed by atoms with Crippen LogP contribution in [0.25, 0.3) is 5.69 Å². The lowest BCUT2D eigenvalue weighted by Gasteiger charge is -2.31. The molecule has 0 atom stereocenters. The third kappa shape index (κ3) is 4.47. The second-order valence-corrected chi connectivity index (χ2v) is 8.26. The van der Waals surface area contributed by atoms with Crippen LogP contribution in [0.5, 0.6) is 0 Å². The van der Waals surface area contributed by atoms with Crippen LogP contribution in [0.4, 0.5) is 0 Å². The van der Waals surface area contributed by atoms with E-state index >= 15 is 0 Å². The second kappa shape index (κ2) is 8.71. The molecule has 1 aromatic carbocycles. The van der Waals surface area contributed by atoms with E-state index in [1.165, 1.54) is 36.6 Å². The summed E-state index contributed by atoms with van der Waals surface area (Å²) >= 11 is 1.46. The van der Waals surface area contributed by atoms with Crippen molar-refractivity contribution in [1.29, 1.82) is 0 Å². The average Bonchev–Trinajstić information content (AvgIpc) is 3.15. The smallest absolute Gasteiger partial charge is 0.233 e. The third-order valence-corrected chi connectivity index (χ3v) is 6.12. The van der Waals surface area contributed by atoms with Gasteiger partial charge in [0.25, 0.3) is 0 Å². The van der Waals surface area contributed by atoms with Gasteiger partial charge in [-0.1, -0.05) is 57.0 Å². The highest BCUT2D eigenvalue weighted by Gasteiger charge is 2.22. The van der Waals surface area contributed by atoms with Crippen LogP contribution in [-0.4, -0.2) is 44.4 Å². The normalized spacial score (nSPS) is 15.4. The van der Waals surface area contributed by atoms with E-state index in [-0.39, 0.29) is 5.91 Å². The summed E-state index contributed by atoms with van der Waals surface area (Å²) in [4.78, 5) is 14.5. The van der Waals surface area contributed by atoms with Crippen LogP contribution in [0.2, 0.25) is 0 Å². The summed E-state index contributed by atoms with van der Waals surface area (Å²) in [5.41, 5.74) is 2.33. The maximum Gasteiger partial charge on any atom is 0.233 e. The molecule has 5 nitrogen and oxygen atoms in total. The fourth-order valence-corrected chi connectivity index (χ4v) is 4.27. The first-order chi connectivity index (χ1) is 12.6. The SMILES string of the molecule is CC(C)c1ccc(-n2cnnc2SCC(=O)N(C)C2CCCCC2)cc1. The number of carbonyl (C=O) groups excluding carboxylic acids is 1. The molecule has 1 fully saturated rings. The minimum absolute atomic E-state index is 0.173. The van der Waals surface area contributed by atoms with Gasteiger partial charge in [0.1, 0.15) is 6.33 Å². The van der Waals surface area contributed by atoms with E-state index in [9.17, 15) is 4.79 Å². The van der Waals surface area contributed by atoms with Crippen molar-refractivity contribution in [1.82, 2.24) is 19.7 Å². The molecular formula is C20H28N4OS. The molecule has 6 heteroatoms. The van der Waals surface area contributed by atoms with Crippen molar-refractivity contribution in [3.63, 3.8) is 0 Å². The summed E-state index contributed by atoms with van der Waals surface area (Å²) in [6, 6.07) is 8.84. The number of thioether (sulfide) groups is 1. The van der Waals surface area contributed by atoms with Crippen LogP contribution in [0.3, 0.4) is 0 Å². The maximum absolute atomic E-state index is 12.6. The van der Waals surface area contributed by atoms with Gasteiger partial charge < -0.3 is 4.90 Å². The molecule has 3 rings (SSSR count). The number of hydrogen-bond acceptors (Lipinski definition) is 4. The summed E-state index contributed by atoms with van der Waals surface area (Å²) in [7, 11) is 1.94. The van der Waals surface area contributed by atoms with Crippen molar-refractivity contribution in [2.24, 2.45) is 0 Å². The Morgan fingerprint density at radius 3 is 2.58 bits per heavy atom. The summed E-state index contributed by atoms with van der Waals surface area (Å²) < 4.78 is 1.95. The fourth-order valence-electron chi connectivity index (χ4n) is 3.42. The highest BCUT2D eigenvalue weighted by atomic mass is 32.2. The zero-order chi connectivity index (χ0) is 18.5. The number of aromatic nitrogens is 3. The van der Waals surface area contributed by atoms with Crippen molar-refractivity contribution < 1.29 is 4.79 Å². The van der Waals surface area contributed by atoms with Gasteiger partial charge >= 0.3 is 0 Å². The van der Waals surface area contributed by atoms with Gasteiger partial charge in [0.2, 0.25) is 5.91 Å². The summed E-state index contributed by atoms with van der Waals surface area (Å²) in [6.07, 6.45) is 7.73. The van der Waals surface area contributed by atoms with Gasteiger partial charge in [-0.25, -0.2) is 0 Å². The van der Waals surface area contributed by atoms with E-state index in [4.69, 9.17) is 0 Å². The zero-order valence-electron chi connectivity index (χ0n) is 15.9. The van der Waals surface area contributed by atoms with Gasteiger partial charge in [0, 0.05) is 18.8 Å². The number of amides is 1. The van der Waals surface area contributed by atoms with Gasteiger partial charge in [0.05, 0.1) is 5.75 Å². The zero-order valence-corrected chi connectivity index (χ0v) is 16.7. The van der Waals surface area contributed by atoms with E-state index in [1.54, 1.807) is 6.33 Å². The summed E-state index contributed by atoms with van der Waals surface area (Å²) in [6.45, 7) is 4.37. The molecule has 1 aromatic heterocycles. The van der Waals surface area contributed by atoms with E-state index in [0.717, 1.165) is 23.7 Å². The predicted octanol–water partition coefficient (Wildman–Crippen LogP) is 4.27. The topological polar surface area (TPSA) is 51.0 Å². The first-order valence-corrected chi connectivity index (χ1v) is 10.4. The molecular weight excluding hydrogens is 344 g/mol. The Labute approximate surface area is 160 Å². The molecule has 0 saturated heterocycles. The molecule has 0 radical (unpaired) electrons. The lowest BCUT2D eigenvalue weighted by atomic mass is 9.94. The average molecular weight is 373 g/mol. The minimum Gasteiger partial charge on any atom is -0.342 e. The number of nitrogens with zero attached hydrogens (tertiary/aromatic N) is 4. The molecule has 0 bridgehead atoms. The minimum atomic E-state index is 0.173. The van der Waals surface area contributed by atoms with Crippen LogP contribution in [0, 0.1) is 0 Å². The van der Waals surface area contributed by atoms with Crippen molar-refractivity contribution in [2.75, 3.05) is 12.8 Å². The molecule has 1 aliphatic rings. The second-order valence-electron chi connectivity index (χ2n) is 7.31. The van der Waals surface area contributed by atoms with E-state index in [0.29, 0.717) is 17.7 Å². The lowest BCUT2D eigenvalue weighted by Crippen LogP contribution is -2.39. The molecule has 0 N–H and O–H groups in total. The largest absolute Gasteiger partial charge is 0.342 e. The maximum atomic E-state index is 12.6. The van der Waals surface area contributed by atoms with Gasteiger partial charge in [-0.2, -0.15) is 0 Å². The van der Waals surface area contributed by atoms with Crippen molar-refractivity contribution >= 4 is 17.7 Å². The molecule has 1 heterocycles. The predicted molar refractivity (Wildman–Crippen MR) is 106 cm³/mol. The Bertz CT molecular complexity index is 720. The summed E-state index contributed by atoms with van der Waals surface area (Å²) in [5.74, 6) is 1.08. The molecule has 1 aliphatic carbocycles. The highest BCUT2D eigenvalue weighted by molar-refractivity contribution is 7.99. The van der Waals surface area contributed by atoms with Gasteiger partial charge in [-0.15, -0.1) is 10.2 Å². The Morgan fingerprint density at radius 1 is 1.23 bits per heavy atom. The number of rotatable bonds is 6. The molecule has 0 spiro atoms. The van der Waals surface area contributed by atoms with Crippen LogP contribution in [0.1, 0.15) is 57.4 Å². The van der Waals surface area contributed by atoms with Crippen LogP contribution in [0.15, 0.2) is 35.7 Å². The molecule has 2 aromatic rings. The molecule has 0 unspecified atom stereocenters. The molecule has 1 saturated carbocycles. The van der Waals surface area contributed by atoms with Crippen molar-refractivity contribution in [2.45, 2.75) is 63.1 Å². The number of carbonyl (C=O) groups is 1. The van der Waals surface area contributed by atoms with E-state index in [1.807, 2.05) is 16.5 Å². The molecule has 26 heavy (non-hydrogen) atoms. The standard InChI is InChI=1S/C20H28N4OS/c1-15(2)16-9-11-18(12-10-16)24-14-21-22-20(24)26-13-19(25)23(3)17-7-5-4-6-8-17/h9-12,14-15,17H,4-8,13H2,1-3H3. The van der Waals surface area contributed by atoms with Crippen LogP contribution < -0.4 is 0 Å². The highest BCUT2D eigenvalue weighted by Crippen LogP contribution is 2.24. The third-order valence-electron chi connectivity index (χ3n) is 5.19. The van der Waals surface area contributed by atoms with Gasteiger partial charge in [-0.05, 0) is 36.5 Å². The quantitative estimate of drug-likeness (QED) is 0.711. The number of hydrogen-bond donors (Lipinski definition) is 0. The monoisotopic (exact) mass is 372 g/mol. The van der Waals surface area contributed by atoms with Crippen LogP contribution in [-0.2, 0) is 4.79 Å². The van der Waals surface area contributed by atoms with Gasteiger partial charge in [0.15, 0.2) is 5.16 Å². The molecule has 1 amide bonds. The van der Waals surface area contributed by atoms with E-state index in [2.05, 4.69) is 48.3 Å². The van der Waals surface area contributed by atoms with Crippen molar-refractivity contribution in [3.8, 4) is 5.69 Å². The van der Waals surface area contributed by atoms with Crippen LogP contribution >= 0.6 is 11.8 Å². The fraction of sp³-hybridized carbons (Fsp3) is 0.550. The lowest BCUT2D eigenvalue weighted by molar-refractivity contribution is -0.129. The molecule has 0 aliphatic heterocycles. The Morgan fingerprint density at radius 2 is 1.92 bits per heavy atom. The summed E-state index contributed by atoms with van der Waals surface area (Å²) in [5, 5.41) is 8.99.